The molecule has 1 atom stereocenters. The minimum atomic E-state index is -5.27. The van der Waals surface area contributed by atoms with Gasteiger partial charge in [0.05, 0.1) is 20.1 Å². The molecule has 2 N–H and O–H groups in total. The lowest BCUT2D eigenvalue weighted by atomic mass is 9.99. The second-order valence-corrected chi connectivity index (χ2v) is 6.72. The van der Waals surface area contributed by atoms with Crippen LogP contribution in [0.3, 0.4) is 0 Å². The van der Waals surface area contributed by atoms with E-state index in [4.69, 9.17) is 0 Å². The van der Waals surface area contributed by atoms with Crippen molar-refractivity contribution < 1.29 is 37.0 Å². The fourth-order valence-corrected chi connectivity index (χ4v) is 3.49. The van der Waals surface area contributed by atoms with Crippen molar-refractivity contribution in [3.05, 3.63) is 31.2 Å². The lowest BCUT2D eigenvalue weighted by molar-refractivity contribution is -0.175. The van der Waals surface area contributed by atoms with E-state index in [9.17, 15) is 32.3 Å². The average molecular weight is 587 g/mol. The van der Waals surface area contributed by atoms with Gasteiger partial charge in [-0.1, -0.05) is 6.07 Å². The van der Waals surface area contributed by atoms with Crippen molar-refractivity contribution in [1.82, 2.24) is 5.32 Å². The number of ether oxygens (including phenoxy) is 1. The number of phenolic OH excluding ortho intramolecular Hbond substituents is 1. The van der Waals surface area contributed by atoms with Crippen LogP contribution in [0.4, 0.5) is 17.6 Å². The van der Waals surface area contributed by atoms with Crippen LogP contribution in [0.25, 0.3) is 5.57 Å². The normalized spacial score (nSPS) is 13.3. The predicted octanol–water partition coefficient (Wildman–Crippen LogP) is 3.52. The molecule has 1 amide bonds. The van der Waals surface area contributed by atoms with Gasteiger partial charge in [-0.2, -0.15) is 13.2 Å². The number of carbonyl (C=O) groups excluding carboxylic acids is 2. The molecule has 0 spiro atoms. The zero-order valence-electron chi connectivity index (χ0n) is 12.5. The third kappa shape index (κ3) is 5.43. The molecule has 1 aromatic carbocycles. The lowest BCUT2D eigenvalue weighted by Crippen LogP contribution is -2.48. The highest BCUT2D eigenvalue weighted by atomic mass is 127. The molecule has 0 aliphatic heterocycles. The van der Waals surface area contributed by atoms with Gasteiger partial charge in [0, 0.05) is 5.57 Å². The van der Waals surface area contributed by atoms with Crippen LogP contribution >= 0.6 is 45.2 Å². The van der Waals surface area contributed by atoms with Crippen LogP contribution in [0.5, 0.6) is 5.75 Å². The van der Waals surface area contributed by atoms with Crippen LogP contribution in [0.1, 0.15) is 12.5 Å². The number of phenols is 1. The molecule has 0 heterocycles. The van der Waals surface area contributed by atoms with E-state index >= 15 is 0 Å². The Bertz CT molecular complexity index is 707. The van der Waals surface area contributed by atoms with E-state index in [2.05, 4.69) is 4.74 Å². The minimum Gasteiger partial charge on any atom is -0.506 e. The van der Waals surface area contributed by atoms with Gasteiger partial charge < -0.3 is 15.2 Å². The summed E-state index contributed by atoms with van der Waals surface area (Å²) in [7, 11) is 0. The number of nitrogens with one attached hydrogen (secondary N) is 1. The second kappa shape index (κ2) is 9.00. The molecule has 11 heteroatoms. The molecular weight excluding hydrogens is 576 g/mol. The minimum absolute atomic E-state index is 0.0541. The summed E-state index contributed by atoms with van der Waals surface area (Å²) in [5.41, 5.74) is -0.631. The summed E-state index contributed by atoms with van der Waals surface area (Å²) in [6.07, 6.45) is -5.38. The molecule has 0 saturated heterocycles. The number of aromatic hydroxyl groups is 1. The van der Waals surface area contributed by atoms with Crippen molar-refractivity contribution in [1.29, 1.82) is 0 Å². The van der Waals surface area contributed by atoms with Gasteiger partial charge in [-0.25, -0.2) is 9.18 Å². The van der Waals surface area contributed by atoms with E-state index in [0.717, 1.165) is 0 Å². The van der Waals surface area contributed by atoms with E-state index in [1.54, 1.807) is 45.2 Å². The van der Waals surface area contributed by atoms with Crippen molar-refractivity contribution >= 4 is 62.6 Å². The number of alkyl halides is 3. The second-order valence-electron chi connectivity index (χ2n) is 4.48. The highest BCUT2D eigenvalue weighted by Crippen LogP contribution is 2.34. The molecule has 1 unspecified atom stereocenters. The van der Waals surface area contributed by atoms with Gasteiger partial charge in [0.25, 0.3) is 0 Å². The predicted molar refractivity (Wildman–Crippen MR) is 97.2 cm³/mol. The first-order valence-corrected chi connectivity index (χ1v) is 8.72. The number of halogens is 6. The summed E-state index contributed by atoms with van der Waals surface area (Å²) in [6, 6.07) is 0.651. The number of hydrogen-bond donors (Lipinski definition) is 2. The monoisotopic (exact) mass is 587 g/mol. The fourth-order valence-electron chi connectivity index (χ4n) is 1.74. The van der Waals surface area contributed by atoms with Crippen LogP contribution in [0.2, 0.25) is 0 Å². The zero-order chi connectivity index (χ0) is 19.4. The Morgan fingerprint density at radius 1 is 1.36 bits per heavy atom. The van der Waals surface area contributed by atoms with Crippen LogP contribution in [0, 0.1) is 7.14 Å². The van der Waals surface area contributed by atoms with E-state index < -0.39 is 29.7 Å². The molecule has 138 valence electrons. The van der Waals surface area contributed by atoms with Gasteiger partial charge in [-0.05, 0) is 63.7 Å². The first kappa shape index (κ1) is 21.9. The van der Waals surface area contributed by atoms with Crippen molar-refractivity contribution in [2.75, 3.05) is 6.61 Å². The summed E-state index contributed by atoms with van der Waals surface area (Å²) in [5.74, 6) is -3.92. The average Bonchev–Trinajstić information content (AvgIpc) is 2.53. The van der Waals surface area contributed by atoms with Crippen molar-refractivity contribution in [3.63, 3.8) is 0 Å². The quantitative estimate of drug-likeness (QED) is 0.315. The molecule has 0 aliphatic carbocycles. The smallest absolute Gasteiger partial charge is 0.471 e. The molecule has 1 aromatic rings. The van der Waals surface area contributed by atoms with Crippen LogP contribution in [0.15, 0.2) is 18.5 Å². The lowest BCUT2D eigenvalue weighted by Gasteiger charge is -2.21. The van der Waals surface area contributed by atoms with Crippen molar-refractivity contribution in [3.8, 4) is 5.75 Å². The summed E-state index contributed by atoms with van der Waals surface area (Å²) >= 11 is 3.45. The van der Waals surface area contributed by atoms with Gasteiger partial charge in [-0.3, -0.25) is 4.79 Å². The number of esters is 1. The number of hydrogen-bond acceptors (Lipinski definition) is 4. The number of rotatable bonds is 5. The Kier molecular flexibility index (Phi) is 7.89. The molecule has 0 bridgehead atoms. The third-order valence-corrected chi connectivity index (χ3v) is 4.82. The maximum absolute atomic E-state index is 13.5. The summed E-state index contributed by atoms with van der Waals surface area (Å²) in [4.78, 5) is 23.2. The maximum atomic E-state index is 13.5. The zero-order valence-corrected chi connectivity index (χ0v) is 16.8. The fraction of sp³-hybridized carbons (Fsp3) is 0.286. The SMILES string of the molecule is CCOC(=O)C(NC(=O)C(F)(F)F)/C(=C/F)c1ccc(I)c(O)c1I. The van der Waals surface area contributed by atoms with Crippen LogP contribution < -0.4 is 5.32 Å². The van der Waals surface area contributed by atoms with Gasteiger partial charge in [-0.15, -0.1) is 0 Å². The third-order valence-electron chi connectivity index (χ3n) is 2.86. The van der Waals surface area contributed by atoms with E-state index in [1.807, 2.05) is 0 Å². The van der Waals surface area contributed by atoms with E-state index in [0.29, 0.717) is 3.57 Å². The van der Waals surface area contributed by atoms with Crippen molar-refractivity contribution in [2.24, 2.45) is 0 Å². The molecule has 0 saturated carbocycles. The highest BCUT2D eigenvalue weighted by molar-refractivity contribution is 14.1. The molecule has 25 heavy (non-hydrogen) atoms. The first-order valence-electron chi connectivity index (χ1n) is 6.56. The summed E-state index contributed by atoms with van der Waals surface area (Å²) in [6.45, 7) is 1.21. The van der Waals surface area contributed by atoms with Gasteiger partial charge in [0.15, 0.2) is 6.04 Å². The maximum Gasteiger partial charge on any atom is 0.471 e. The molecule has 0 fully saturated rings. The van der Waals surface area contributed by atoms with Crippen LogP contribution in [-0.2, 0) is 14.3 Å². The van der Waals surface area contributed by atoms with Crippen molar-refractivity contribution in [2.45, 2.75) is 19.1 Å². The number of benzene rings is 1. The summed E-state index contributed by atoms with van der Waals surface area (Å²) in [5, 5.41) is 11.3. The summed E-state index contributed by atoms with van der Waals surface area (Å²) < 4.78 is 56.1. The molecule has 0 aromatic heterocycles. The Morgan fingerprint density at radius 2 is 1.96 bits per heavy atom. The largest absolute Gasteiger partial charge is 0.506 e. The van der Waals surface area contributed by atoms with Gasteiger partial charge in [0.1, 0.15) is 5.75 Å². The Balaban J connectivity index is 3.38. The Labute approximate surface area is 167 Å². The Hall–Kier alpha value is -1.12. The van der Waals surface area contributed by atoms with E-state index in [-0.39, 0.29) is 27.8 Å². The topological polar surface area (TPSA) is 75.6 Å². The molecule has 5 nitrogen and oxygen atoms in total. The van der Waals surface area contributed by atoms with E-state index in [1.165, 1.54) is 24.4 Å². The highest BCUT2D eigenvalue weighted by Gasteiger charge is 2.42. The molecular formula is C14H11F4I2NO4. The molecule has 1 rings (SSSR count). The number of carbonyl (C=O) groups is 2. The first-order chi connectivity index (χ1) is 11.5. The molecule has 0 aliphatic rings. The standard InChI is InChI=1S/C14H11F4I2NO4/c1-2-25-12(23)10(21-13(24)14(16,17)18)7(5-15)6-3-4-8(19)11(22)9(6)20/h3-5,10,22H,2H2,1H3,(H,21,24)/b7-5+. The Morgan fingerprint density at radius 3 is 2.44 bits per heavy atom. The van der Waals surface area contributed by atoms with Gasteiger partial charge >= 0.3 is 18.1 Å². The van der Waals surface area contributed by atoms with Crippen LogP contribution in [-0.4, -0.2) is 35.8 Å². The van der Waals surface area contributed by atoms with Gasteiger partial charge in [0.2, 0.25) is 0 Å². The number of amides is 1. The molecule has 0 radical (unpaired) electrons.